The van der Waals surface area contributed by atoms with E-state index in [0.29, 0.717) is 17.8 Å². The van der Waals surface area contributed by atoms with E-state index in [1.54, 1.807) is 24.3 Å². The number of hydrogen-bond donors (Lipinski definition) is 2. The Morgan fingerprint density at radius 1 is 1.53 bits per heavy atom. The van der Waals surface area contributed by atoms with Crippen molar-refractivity contribution < 1.29 is 14.7 Å². The van der Waals surface area contributed by atoms with Gasteiger partial charge in [-0.15, -0.1) is 0 Å². The first-order valence-corrected chi connectivity index (χ1v) is 5.46. The summed E-state index contributed by atoms with van der Waals surface area (Å²) in [7, 11) is 0. The summed E-state index contributed by atoms with van der Waals surface area (Å²) in [6.07, 6.45) is -0.0873. The van der Waals surface area contributed by atoms with Crippen LogP contribution >= 0.6 is 0 Å². The molecule has 5 nitrogen and oxygen atoms in total. The standard InChI is InChI=1S/C12H14N2O3/c1-8-7-13-14(12(8)17)10-5-3-2-4-9(10)6-11(15)16/h2-5,8,13H,6-7H2,1H3,(H,15,16). The number of carboxylic acid groups (broad SMARTS) is 1. The average molecular weight is 234 g/mol. The molecule has 17 heavy (non-hydrogen) atoms. The molecule has 0 radical (unpaired) electrons. The molecular formula is C12H14N2O3. The number of carbonyl (C=O) groups excluding carboxylic acids is 1. The summed E-state index contributed by atoms with van der Waals surface area (Å²) in [5, 5.41) is 10.3. The highest BCUT2D eigenvalue weighted by Crippen LogP contribution is 2.23. The van der Waals surface area contributed by atoms with Crippen LogP contribution in [0.4, 0.5) is 5.69 Å². The number of nitrogens with zero attached hydrogens (tertiary/aromatic N) is 1. The van der Waals surface area contributed by atoms with Crippen LogP contribution in [0.3, 0.4) is 0 Å². The fraction of sp³-hybridized carbons (Fsp3) is 0.333. The number of amides is 1. The van der Waals surface area contributed by atoms with Crippen molar-refractivity contribution in [2.75, 3.05) is 11.6 Å². The number of carboxylic acids is 1. The Bertz CT molecular complexity index is 459. The van der Waals surface area contributed by atoms with Crippen LogP contribution in [0, 0.1) is 5.92 Å². The Kier molecular flexibility index (Phi) is 3.10. The maximum absolute atomic E-state index is 11.9. The summed E-state index contributed by atoms with van der Waals surface area (Å²) >= 11 is 0. The number of rotatable bonds is 3. The molecule has 1 aliphatic rings. The topological polar surface area (TPSA) is 69.6 Å². The molecule has 1 aromatic carbocycles. The van der Waals surface area contributed by atoms with Crippen molar-refractivity contribution in [3.8, 4) is 0 Å². The Morgan fingerprint density at radius 3 is 2.82 bits per heavy atom. The second-order valence-corrected chi connectivity index (χ2v) is 4.14. The van der Waals surface area contributed by atoms with Crippen molar-refractivity contribution in [3.05, 3.63) is 29.8 Å². The number of carbonyl (C=O) groups is 2. The summed E-state index contributed by atoms with van der Waals surface area (Å²) < 4.78 is 0. The molecule has 5 heteroatoms. The lowest BCUT2D eigenvalue weighted by Crippen LogP contribution is -2.35. The lowest BCUT2D eigenvalue weighted by molar-refractivity contribution is -0.136. The maximum Gasteiger partial charge on any atom is 0.307 e. The summed E-state index contributed by atoms with van der Waals surface area (Å²) in [5.41, 5.74) is 4.24. The first-order chi connectivity index (χ1) is 8.09. The Hall–Kier alpha value is -1.88. The molecule has 2 N–H and O–H groups in total. The van der Waals surface area contributed by atoms with Crippen LogP contribution in [0.5, 0.6) is 0 Å². The highest BCUT2D eigenvalue weighted by Gasteiger charge is 2.30. The summed E-state index contributed by atoms with van der Waals surface area (Å²) in [5.74, 6) is -1.01. The molecular weight excluding hydrogens is 220 g/mol. The largest absolute Gasteiger partial charge is 0.481 e. The fourth-order valence-electron chi connectivity index (χ4n) is 1.86. The molecule has 1 fully saturated rings. The van der Waals surface area contributed by atoms with Crippen molar-refractivity contribution in [1.29, 1.82) is 0 Å². The third-order valence-electron chi connectivity index (χ3n) is 2.77. The first-order valence-electron chi connectivity index (χ1n) is 5.46. The zero-order chi connectivity index (χ0) is 12.4. The van der Waals surface area contributed by atoms with E-state index in [1.165, 1.54) is 5.01 Å². The molecule has 1 unspecified atom stereocenters. The zero-order valence-corrected chi connectivity index (χ0v) is 9.51. The van der Waals surface area contributed by atoms with Gasteiger partial charge in [-0.05, 0) is 11.6 Å². The van der Waals surface area contributed by atoms with Gasteiger partial charge in [-0.3, -0.25) is 9.59 Å². The molecule has 0 saturated carbocycles. The molecule has 1 atom stereocenters. The minimum absolute atomic E-state index is 0.0251. The predicted molar refractivity (Wildman–Crippen MR) is 62.4 cm³/mol. The van der Waals surface area contributed by atoms with E-state index >= 15 is 0 Å². The van der Waals surface area contributed by atoms with E-state index in [9.17, 15) is 9.59 Å². The third-order valence-corrected chi connectivity index (χ3v) is 2.77. The molecule has 1 aliphatic heterocycles. The summed E-state index contributed by atoms with van der Waals surface area (Å²) in [6, 6.07) is 7.03. The zero-order valence-electron chi connectivity index (χ0n) is 9.51. The van der Waals surface area contributed by atoms with Gasteiger partial charge >= 0.3 is 5.97 Å². The Morgan fingerprint density at radius 2 is 2.24 bits per heavy atom. The highest BCUT2D eigenvalue weighted by atomic mass is 16.4. The predicted octanol–water partition coefficient (Wildman–Crippen LogP) is 0.801. The van der Waals surface area contributed by atoms with Crippen molar-refractivity contribution in [2.24, 2.45) is 5.92 Å². The monoisotopic (exact) mass is 234 g/mol. The number of anilines is 1. The molecule has 90 valence electrons. The molecule has 1 saturated heterocycles. The first kappa shape index (κ1) is 11.6. The smallest absolute Gasteiger partial charge is 0.307 e. The third kappa shape index (κ3) is 2.29. The van der Waals surface area contributed by atoms with Crippen LogP contribution in [-0.2, 0) is 16.0 Å². The van der Waals surface area contributed by atoms with Gasteiger partial charge < -0.3 is 5.11 Å². The second kappa shape index (κ2) is 4.55. The van der Waals surface area contributed by atoms with Gasteiger partial charge in [-0.2, -0.15) is 0 Å². The fourth-order valence-corrected chi connectivity index (χ4v) is 1.86. The summed E-state index contributed by atoms with van der Waals surface area (Å²) in [6.45, 7) is 2.43. The van der Waals surface area contributed by atoms with Gasteiger partial charge in [0.2, 0.25) is 5.91 Å². The van der Waals surface area contributed by atoms with Crippen molar-refractivity contribution in [1.82, 2.24) is 5.43 Å². The van der Waals surface area contributed by atoms with Crippen molar-refractivity contribution in [3.63, 3.8) is 0 Å². The molecule has 2 rings (SSSR count). The van der Waals surface area contributed by atoms with Crippen LogP contribution in [0.1, 0.15) is 12.5 Å². The minimum Gasteiger partial charge on any atom is -0.481 e. The average Bonchev–Trinajstić information content (AvgIpc) is 2.60. The van der Waals surface area contributed by atoms with Crippen LogP contribution in [0.25, 0.3) is 0 Å². The van der Waals surface area contributed by atoms with Gasteiger partial charge in [0.15, 0.2) is 0 Å². The van der Waals surface area contributed by atoms with Crippen LogP contribution in [0.15, 0.2) is 24.3 Å². The lowest BCUT2D eigenvalue weighted by atomic mass is 10.1. The molecule has 0 aliphatic carbocycles. The van der Waals surface area contributed by atoms with Gasteiger partial charge in [0.25, 0.3) is 0 Å². The van der Waals surface area contributed by atoms with Gasteiger partial charge in [-0.25, -0.2) is 10.4 Å². The number of hydrogen-bond acceptors (Lipinski definition) is 3. The lowest BCUT2D eigenvalue weighted by Gasteiger charge is -2.19. The van der Waals surface area contributed by atoms with Crippen LogP contribution in [0.2, 0.25) is 0 Å². The van der Waals surface area contributed by atoms with E-state index in [0.717, 1.165) is 0 Å². The Labute approximate surface area is 99.0 Å². The summed E-state index contributed by atoms with van der Waals surface area (Å²) in [4.78, 5) is 22.6. The minimum atomic E-state index is -0.905. The number of hydrazine groups is 1. The molecule has 1 aromatic rings. The van der Waals surface area contributed by atoms with Crippen molar-refractivity contribution in [2.45, 2.75) is 13.3 Å². The number of nitrogens with one attached hydrogen (secondary N) is 1. The molecule has 0 bridgehead atoms. The molecule has 1 amide bonds. The van der Waals surface area contributed by atoms with E-state index in [-0.39, 0.29) is 18.2 Å². The van der Waals surface area contributed by atoms with Crippen molar-refractivity contribution >= 4 is 17.6 Å². The van der Waals surface area contributed by atoms with Crippen LogP contribution < -0.4 is 10.4 Å². The number of aliphatic carboxylic acids is 1. The van der Waals surface area contributed by atoms with E-state index in [1.807, 2.05) is 6.92 Å². The van der Waals surface area contributed by atoms with Gasteiger partial charge in [0.1, 0.15) is 0 Å². The maximum atomic E-state index is 11.9. The Balaban J connectivity index is 2.32. The second-order valence-electron chi connectivity index (χ2n) is 4.14. The van der Waals surface area contributed by atoms with Gasteiger partial charge in [-0.1, -0.05) is 25.1 Å². The molecule has 1 heterocycles. The SMILES string of the molecule is CC1CNN(c2ccccc2CC(=O)O)C1=O. The number of para-hydroxylation sites is 1. The molecule has 0 spiro atoms. The quantitative estimate of drug-likeness (QED) is 0.811. The van der Waals surface area contributed by atoms with Gasteiger partial charge in [0.05, 0.1) is 18.0 Å². The van der Waals surface area contributed by atoms with Crippen LogP contribution in [-0.4, -0.2) is 23.5 Å². The van der Waals surface area contributed by atoms with E-state index in [2.05, 4.69) is 5.43 Å². The number of benzene rings is 1. The molecule has 0 aromatic heterocycles. The van der Waals surface area contributed by atoms with E-state index < -0.39 is 5.97 Å². The van der Waals surface area contributed by atoms with Gasteiger partial charge in [0, 0.05) is 6.54 Å². The van der Waals surface area contributed by atoms with E-state index in [4.69, 9.17) is 5.11 Å². The highest BCUT2D eigenvalue weighted by molar-refractivity contribution is 5.97. The normalized spacial score (nSPS) is 19.7.